The van der Waals surface area contributed by atoms with Crippen molar-refractivity contribution in [2.24, 2.45) is 0 Å². The highest BCUT2D eigenvalue weighted by Crippen LogP contribution is 2.31. The van der Waals surface area contributed by atoms with Crippen LogP contribution in [0.1, 0.15) is 29.5 Å². The van der Waals surface area contributed by atoms with Gasteiger partial charge in [0.1, 0.15) is 11.3 Å². The van der Waals surface area contributed by atoms with Crippen molar-refractivity contribution in [2.45, 2.75) is 26.8 Å². The average Bonchev–Trinajstić information content (AvgIpc) is 3.17. The second kappa shape index (κ2) is 7.21. The van der Waals surface area contributed by atoms with E-state index in [0.717, 1.165) is 5.56 Å². The van der Waals surface area contributed by atoms with Gasteiger partial charge >= 0.3 is 5.97 Å². The first-order valence-corrected chi connectivity index (χ1v) is 8.06. The summed E-state index contributed by atoms with van der Waals surface area (Å²) in [6.07, 6.45) is 3.83. The van der Waals surface area contributed by atoms with Crippen LogP contribution in [-0.2, 0) is 16.1 Å². The molecule has 3 aromatic rings. The zero-order valence-corrected chi connectivity index (χ0v) is 14.1. The van der Waals surface area contributed by atoms with Gasteiger partial charge in [-0.15, -0.1) is 0 Å². The fourth-order valence-corrected chi connectivity index (χ4v) is 2.52. The number of amides is 1. The van der Waals surface area contributed by atoms with Crippen molar-refractivity contribution in [3.8, 4) is 0 Å². The van der Waals surface area contributed by atoms with Crippen LogP contribution < -0.4 is 5.32 Å². The number of para-hydroxylation sites is 1. The van der Waals surface area contributed by atoms with Crippen LogP contribution in [-0.4, -0.2) is 28.3 Å². The average molecular weight is 341 g/mol. The van der Waals surface area contributed by atoms with E-state index in [0.29, 0.717) is 23.2 Å². The Labute approximate surface area is 144 Å². The van der Waals surface area contributed by atoms with Gasteiger partial charge in [-0.3, -0.25) is 9.48 Å². The zero-order chi connectivity index (χ0) is 17.8. The van der Waals surface area contributed by atoms with Crippen molar-refractivity contribution >= 4 is 28.5 Å². The standard InChI is InChI=1S/C18H19N3O4/c1-3-24-18(23)17-16(13-6-4-5-7-14(13)25-17)20-15(22)8-9-21-11-12(2)10-19-21/h4-7,10-11H,3,8-9H2,1-2H3,(H,20,22). The Morgan fingerprint density at radius 3 is 2.84 bits per heavy atom. The Morgan fingerprint density at radius 2 is 2.12 bits per heavy atom. The number of aromatic nitrogens is 2. The lowest BCUT2D eigenvalue weighted by atomic mass is 10.2. The molecule has 2 heterocycles. The molecule has 0 fully saturated rings. The highest BCUT2D eigenvalue weighted by molar-refractivity contribution is 6.09. The summed E-state index contributed by atoms with van der Waals surface area (Å²) in [5, 5.41) is 7.59. The van der Waals surface area contributed by atoms with Gasteiger partial charge in [0.25, 0.3) is 0 Å². The number of nitrogens with zero attached hydrogens (tertiary/aromatic N) is 2. The summed E-state index contributed by atoms with van der Waals surface area (Å²) in [6, 6.07) is 7.13. The third-order valence-electron chi connectivity index (χ3n) is 3.65. The van der Waals surface area contributed by atoms with Crippen LogP contribution in [0.15, 0.2) is 41.1 Å². The van der Waals surface area contributed by atoms with Crippen molar-refractivity contribution in [1.29, 1.82) is 0 Å². The molecule has 0 saturated carbocycles. The minimum Gasteiger partial charge on any atom is -0.460 e. The molecule has 0 spiro atoms. The van der Waals surface area contributed by atoms with Crippen LogP contribution in [0, 0.1) is 6.92 Å². The number of nitrogens with one attached hydrogen (secondary N) is 1. The smallest absolute Gasteiger partial charge is 0.376 e. The summed E-state index contributed by atoms with van der Waals surface area (Å²) in [5.41, 5.74) is 1.89. The minimum absolute atomic E-state index is 0.00586. The van der Waals surface area contributed by atoms with Crippen LogP contribution in [0.3, 0.4) is 0 Å². The SMILES string of the molecule is CCOC(=O)c1oc2ccccc2c1NC(=O)CCn1cc(C)cn1. The first-order valence-electron chi connectivity index (χ1n) is 8.06. The molecule has 0 bridgehead atoms. The number of hydrogen-bond donors (Lipinski definition) is 1. The summed E-state index contributed by atoms with van der Waals surface area (Å²) >= 11 is 0. The number of carbonyl (C=O) groups excluding carboxylic acids is 2. The topological polar surface area (TPSA) is 86.4 Å². The fourth-order valence-electron chi connectivity index (χ4n) is 2.52. The lowest BCUT2D eigenvalue weighted by Gasteiger charge is -2.06. The molecule has 7 nitrogen and oxygen atoms in total. The summed E-state index contributed by atoms with van der Waals surface area (Å²) in [7, 11) is 0. The number of aryl methyl sites for hydroxylation is 2. The lowest BCUT2D eigenvalue weighted by molar-refractivity contribution is -0.116. The molecule has 0 aliphatic carbocycles. The predicted octanol–water partition coefficient (Wildman–Crippen LogP) is 3.14. The Morgan fingerprint density at radius 1 is 1.32 bits per heavy atom. The van der Waals surface area contributed by atoms with Crippen LogP contribution >= 0.6 is 0 Å². The van der Waals surface area contributed by atoms with Gasteiger partial charge in [-0.2, -0.15) is 5.10 Å². The lowest BCUT2D eigenvalue weighted by Crippen LogP contribution is -2.16. The number of hydrogen-bond acceptors (Lipinski definition) is 5. The van der Waals surface area contributed by atoms with Crippen molar-refractivity contribution in [3.05, 3.63) is 48.0 Å². The van der Waals surface area contributed by atoms with Crippen molar-refractivity contribution in [3.63, 3.8) is 0 Å². The fraction of sp³-hybridized carbons (Fsp3) is 0.278. The second-order valence-electron chi connectivity index (χ2n) is 5.60. The van der Waals surface area contributed by atoms with E-state index in [2.05, 4.69) is 10.4 Å². The molecule has 0 aliphatic rings. The number of fused-ring (bicyclic) bond motifs is 1. The highest BCUT2D eigenvalue weighted by Gasteiger charge is 2.23. The van der Waals surface area contributed by atoms with E-state index in [1.807, 2.05) is 19.2 Å². The molecule has 25 heavy (non-hydrogen) atoms. The molecule has 1 amide bonds. The maximum Gasteiger partial charge on any atom is 0.376 e. The number of rotatable bonds is 6. The van der Waals surface area contributed by atoms with Crippen LogP contribution in [0.5, 0.6) is 0 Å². The van der Waals surface area contributed by atoms with Crippen LogP contribution in [0.25, 0.3) is 11.0 Å². The minimum atomic E-state index is -0.600. The van der Waals surface area contributed by atoms with Gasteiger partial charge < -0.3 is 14.5 Å². The number of esters is 1. The number of carbonyl (C=O) groups is 2. The Kier molecular flexibility index (Phi) is 4.83. The van der Waals surface area contributed by atoms with E-state index >= 15 is 0 Å². The quantitative estimate of drug-likeness (QED) is 0.696. The molecule has 0 radical (unpaired) electrons. The monoisotopic (exact) mass is 341 g/mol. The first-order chi connectivity index (χ1) is 12.1. The molecule has 7 heteroatoms. The van der Waals surface area contributed by atoms with Crippen LogP contribution in [0.4, 0.5) is 5.69 Å². The number of anilines is 1. The number of furan rings is 1. The van der Waals surface area contributed by atoms with E-state index in [4.69, 9.17) is 9.15 Å². The van der Waals surface area contributed by atoms with Gasteiger partial charge in [-0.05, 0) is 31.5 Å². The largest absolute Gasteiger partial charge is 0.460 e. The zero-order valence-electron chi connectivity index (χ0n) is 14.1. The predicted molar refractivity (Wildman–Crippen MR) is 92.4 cm³/mol. The van der Waals surface area contributed by atoms with Gasteiger partial charge in [-0.25, -0.2) is 4.79 Å². The van der Waals surface area contributed by atoms with Gasteiger partial charge in [0.15, 0.2) is 0 Å². The Hall–Kier alpha value is -3.09. The summed E-state index contributed by atoms with van der Waals surface area (Å²) in [4.78, 5) is 24.4. The second-order valence-corrected chi connectivity index (χ2v) is 5.60. The summed E-state index contributed by atoms with van der Waals surface area (Å²) < 4.78 is 12.3. The summed E-state index contributed by atoms with van der Waals surface area (Å²) in [5.74, 6) is -0.826. The van der Waals surface area contributed by atoms with Crippen molar-refractivity contribution in [2.75, 3.05) is 11.9 Å². The van der Waals surface area contributed by atoms with E-state index in [1.165, 1.54) is 0 Å². The van der Waals surface area contributed by atoms with E-state index in [1.54, 1.807) is 36.0 Å². The van der Waals surface area contributed by atoms with Crippen molar-refractivity contribution in [1.82, 2.24) is 9.78 Å². The van der Waals surface area contributed by atoms with Crippen LogP contribution in [0.2, 0.25) is 0 Å². The maximum atomic E-state index is 12.3. The van der Waals surface area contributed by atoms with Crippen molar-refractivity contribution < 1.29 is 18.7 Å². The maximum absolute atomic E-state index is 12.3. The third kappa shape index (κ3) is 3.71. The Bertz CT molecular complexity index is 910. The molecular formula is C18H19N3O4. The highest BCUT2D eigenvalue weighted by atomic mass is 16.5. The first kappa shape index (κ1) is 16.8. The molecular weight excluding hydrogens is 322 g/mol. The van der Waals surface area contributed by atoms with E-state index in [-0.39, 0.29) is 24.7 Å². The molecule has 130 valence electrons. The molecule has 0 aliphatic heterocycles. The molecule has 3 rings (SSSR count). The molecule has 1 N–H and O–H groups in total. The molecule has 0 saturated heterocycles. The van der Waals surface area contributed by atoms with Gasteiger partial charge in [-0.1, -0.05) is 12.1 Å². The van der Waals surface area contributed by atoms with Gasteiger partial charge in [0.2, 0.25) is 11.7 Å². The van der Waals surface area contributed by atoms with Gasteiger partial charge in [0, 0.05) is 24.5 Å². The number of benzene rings is 1. The Balaban J connectivity index is 1.80. The third-order valence-corrected chi connectivity index (χ3v) is 3.65. The molecule has 0 atom stereocenters. The normalized spacial score (nSPS) is 10.8. The van der Waals surface area contributed by atoms with E-state index < -0.39 is 5.97 Å². The van der Waals surface area contributed by atoms with Gasteiger partial charge in [0.05, 0.1) is 12.8 Å². The summed E-state index contributed by atoms with van der Waals surface area (Å²) in [6.45, 7) is 4.32. The molecule has 2 aromatic heterocycles. The van der Waals surface area contributed by atoms with E-state index in [9.17, 15) is 9.59 Å². The molecule has 1 aromatic carbocycles. The number of ether oxygens (including phenoxy) is 1. The molecule has 0 unspecified atom stereocenters.